The standard InChI is InChI=1S/C12H11N3O3S2/c16-9-7-20-12(19)15(9)14-11(18)10(17)13-6-8-4-2-1-3-5-8/h1-5H,6-7H2,(H,13,17)(H,14,18). The molecule has 1 heterocycles. The summed E-state index contributed by atoms with van der Waals surface area (Å²) >= 11 is 6.02. The van der Waals surface area contributed by atoms with Crippen molar-refractivity contribution in [3.63, 3.8) is 0 Å². The minimum atomic E-state index is -0.917. The van der Waals surface area contributed by atoms with Crippen LogP contribution in [0, 0.1) is 0 Å². The molecule has 0 atom stereocenters. The molecule has 1 aliphatic heterocycles. The lowest BCUT2D eigenvalue weighted by molar-refractivity contribution is -0.143. The van der Waals surface area contributed by atoms with Gasteiger partial charge < -0.3 is 5.32 Å². The molecule has 1 aromatic rings. The zero-order chi connectivity index (χ0) is 14.5. The summed E-state index contributed by atoms with van der Waals surface area (Å²) in [5, 5.41) is 3.38. The van der Waals surface area contributed by atoms with Crippen molar-refractivity contribution >= 4 is 46.0 Å². The van der Waals surface area contributed by atoms with Gasteiger partial charge in [-0.3, -0.25) is 19.8 Å². The molecule has 1 aliphatic rings. The SMILES string of the molecule is O=C(NCc1ccccc1)C(=O)NN1C(=O)CSC1=S. The summed E-state index contributed by atoms with van der Waals surface area (Å²) in [5.74, 6) is -1.91. The number of thioether (sulfide) groups is 1. The van der Waals surface area contributed by atoms with Gasteiger partial charge in [-0.15, -0.1) is 0 Å². The van der Waals surface area contributed by atoms with Crippen LogP contribution in [0.4, 0.5) is 0 Å². The van der Waals surface area contributed by atoms with Crippen LogP contribution in [-0.2, 0) is 20.9 Å². The maximum Gasteiger partial charge on any atom is 0.328 e. The summed E-state index contributed by atoms with van der Waals surface area (Å²) in [7, 11) is 0. The van der Waals surface area contributed by atoms with E-state index in [-0.39, 0.29) is 22.5 Å². The highest BCUT2D eigenvalue weighted by molar-refractivity contribution is 8.23. The third kappa shape index (κ3) is 3.55. The van der Waals surface area contributed by atoms with E-state index in [0.29, 0.717) is 0 Å². The second kappa shape index (κ2) is 6.49. The molecule has 104 valence electrons. The maximum atomic E-state index is 11.6. The third-order valence-corrected chi connectivity index (χ3v) is 3.82. The van der Waals surface area contributed by atoms with Crippen molar-refractivity contribution in [2.75, 3.05) is 5.75 Å². The predicted octanol–water partition coefficient (Wildman–Crippen LogP) is 0.194. The van der Waals surface area contributed by atoms with E-state index in [1.165, 1.54) is 0 Å². The van der Waals surface area contributed by atoms with E-state index >= 15 is 0 Å². The average molecular weight is 309 g/mol. The molecule has 0 aromatic heterocycles. The first kappa shape index (κ1) is 14.5. The molecule has 1 fully saturated rings. The minimum absolute atomic E-state index is 0.171. The first-order chi connectivity index (χ1) is 9.58. The molecule has 3 amide bonds. The maximum absolute atomic E-state index is 11.6. The number of amides is 3. The Balaban J connectivity index is 1.85. The van der Waals surface area contributed by atoms with E-state index in [1.54, 1.807) is 0 Å². The molecule has 2 rings (SSSR count). The fourth-order valence-electron chi connectivity index (χ4n) is 1.47. The number of rotatable bonds is 3. The lowest BCUT2D eigenvalue weighted by Crippen LogP contribution is -2.50. The van der Waals surface area contributed by atoms with Gasteiger partial charge in [0.25, 0.3) is 5.91 Å². The molecular weight excluding hydrogens is 298 g/mol. The fraction of sp³-hybridized carbons (Fsp3) is 0.167. The number of thiocarbonyl (C=S) groups is 1. The normalized spacial score (nSPS) is 14.3. The molecule has 20 heavy (non-hydrogen) atoms. The van der Waals surface area contributed by atoms with E-state index in [0.717, 1.165) is 22.3 Å². The predicted molar refractivity (Wildman–Crippen MR) is 78.3 cm³/mol. The number of carbonyl (C=O) groups is 3. The molecule has 6 nitrogen and oxygen atoms in total. The van der Waals surface area contributed by atoms with Crippen LogP contribution in [0.1, 0.15) is 5.56 Å². The number of nitrogens with one attached hydrogen (secondary N) is 2. The lowest BCUT2D eigenvalue weighted by Gasteiger charge is -2.15. The van der Waals surface area contributed by atoms with Gasteiger partial charge in [0.05, 0.1) is 5.75 Å². The van der Waals surface area contributed by atoms with Crippen LogP contribution < -0.4 is 10.7 Å². The number of hydrazine groups is 1. The fourth-order valence-corrected chi connectivity index (χ4v) is 2.45. The molecule has 0 aliphatic carbocycles. The van der Waals surface area contributed by atoms with Crippen LogP contribution in [0.25, 0.3) is 0 Å². The van der Waals surface area contributed by atoms with Crippen LogP contribution in [0.2, 0.25) is 0 Å². The van der Waals surface area contributed by atoms with Crippen LogP contribution in [-0.4, -0.2) is 32.8 Å². The molecule has 0 unspecified atom stereocenters. The van der Waals surface area contributed by atoms with Crippen molar-refractivity contribution in [2.24, 2.45) is 0 Å². The summed E-state index contributed by atoms with van der Waals surface area (Å²) in [5.41, 5.74) is 3.06. The van der Waals surface area contributed by atoms with Gasteiger partial charge in [0, 0.05) is 6.54 Å². The van der Waals surface area contributed by atoms with Gasteiger partial charge in [0.2, 0.25) is 0 Å². The summed E-state index contributed by atoms with van der Waals surface area (Å²) in [6.45, 7) is 0.236. The number of hydrogen-bond donors (Lipinski definition) is 2. The van der Waals surface area contributed by atoms with Crippen molar-refractivity contribution in [1.29, 1.82) is 0 Å². The van der Waals surface area contributed by atoms with Crippen LogP contribution >= 0.6 is 24.0 Å². The smallest absolute Gasteiger partial charge is 0.328 e. The molecule has 0 saturated carbocycles. The molecule has 1 aromatic carbocycles. The van der Waals surface area contributed by atoms with E-state index in [9.17, 15) is 14.4 Å². The molecule has 2 N–H and O–H groups in total. The van der Waals surface area contributed by atoms with E-state index in [4.69, 9.17) is 12.2 Å². The van der Waals surface area contributed by atoms with Crippen molar-refractivity contribution in [1.82, 2.24) is 15.8 Å². The Bertz CT molecular complexity index is 546. The Kier molecular flexibility index (Phi) is 4.70. The number of carbonyl (C=O) groups excluding carboxylic acids is 3. The zero-order valence-corrected chi connectivity index (χ0v) is 11.9. The number of nitrogens with zero attached hydrogens (tertiary/aromatic N) is 1. The van der Waals surface area contributed by atoms with Crippen molar-refractivity contribution in [2.45, 2.75) is 6.54 Å². The lowest BCUT2D eigenvalue weighted by atomic mass is 10.2. The summed E-state index contributed by atoms with van der Waals surface area (Å²) in [4.78, 5) is 34.6. The molecule has 0 radical (unpaired) electrons. The largest absolute Gasteiger partial charge is 0.344 e. The number of hydrogen-bond acceptors (Lipinski definition) is 5. The molecule has 1 saturated heterocycles. The zero-order valence-electron chi connectivity index (χ0n) is 10.3. The average Bonchev–Trinajstić information content (AvgIpc) is 2.77. The monoisotopic (exact) mass is 309 g/mol. The topological polar surface area (TPSA) is 78.5 Å². The Hall–Kier alpha value is -1.93. The highest BCUT2D eigenvalue weighted by atomic mass is 32.2. The Morgan fingerprint density at radius 3 is 2.55 bits per heavy atom. The second-order valence-electron chi connectivity index (χ2n) is 3.89. The molecule has 8 heteroatoms. The van der Waals surface area contributed by atoms with Crippen molar-refractivity contribution in [3.8, 4) is 0 Å². The van der Waals surface area contributed by atoms with Crippen molar-refractivity contribution in [3.05, 3.63) is 35.9 Å². The van der Waals surface area contributed by atoms with E-state index in [1.807, 2.05) is 30.3 Å². The van der Waals surface area contributed by atoms with Gasteiger partial charge in [-0.05, 0) is 5.56 Å². The highest BCUT2D eigenvalue weighted by Gasteiger charge is 2.29. The molecule has 0 spiro atoms. The summed E-state index contributed by atoms with van der Waals surface area (Å²) < 4.78 is 0.235. The Morgan fingerprint density at radius 1 is 1.25 bits per heavy atom. The van der Waals surface area contributed by atoms with E-state index < -0.39 is 11.8 Å². The summed E-state index contributed by atoms with van der Waals surface area (Å²) in [6, 6.07) is 9.18. The second-order valence-corrected chi connectivity index (χ2v) is 5.50. The quantitative estimate of drug-likeness (QED) is 0.616. The van der Waals surface area contributed by atoms with Gasteiger partial charge in [-0.2, -0.15) is 0 Å². The third-order valence-electron chi connectivity index (χ3n) is 2.47. The molecular formula is C12H11N3O3S2. The van der Waals surface area contributed by atoms with Gasteiger partial charge in [0.1, 0.15) is 0 Å². The first-order valence-electron chi connectivity index (χ1n) is 5.70. The van der Waals surface area contributed by atoms with Crippen LogP contribution in [0.5, 0.6) is 0 Å². The Morgan fingerprint density at radius 2 is 1.95 bits per heavy atom. The van der Waals surface area contributed by atoms with Gasteiger partial charge in [-0.25, -0.2) is 5.01 Å². The van der Waals surface area contributed by atoms with Gasteiger partial charge in [-0.1, -0.05) is 54.3 Å². The first-order valence-corrected chi connectivity index (χ1v) is 7.10. The summed E-state index contributed by atoms with van der Waals surface area (Å²) in [6.07, 6.45) is 0. The Labute approximate surface area is 124 Å². The van der Waals surface area contributed by atoms with E-state index in [2.05, 4.69) is 10.7 Å². The highest BCUT2D eigenvalue weighted by Crippen LogP contribution is 2.16. The van der Waals surface area contributed by atoms with Crippen molar-refractivity contribution < 1.29 is 14.4 Å². The molecule has 0 bridgehead atoms. The van der Waals surface area contributed by atoms with Crippen LogP contribution in [0.15, 0.2) is 30.3 Å². The number of benzene rings is 1. The van der Waals surface area contributed by atoms with Gasteiger partial charge in [0.15, 0.2) is 4.32 Å². The minimum Gasteiger partial charge on any atom is -0.344 e. The van der Waals surface area contributed by atoms with Gasteiger partial charge >= 0.3 is 11.8 Å². The van der Waals surface area contributed by atoms with Crippen LogP contribution in [0.3, 0.4) is 0 Å².